The molecule has 3 rings (SSSR count). The molecule has 0 saturated heterocycles. The molecule has 0 fully saturated rings. The number of carbonyl (C=O) groups excluding carboxylic acids is 1. The normalized spacial score (nSPS) is 11.7. The first kappa shape index (κ1) is 16.5. The van der Waals surface area contributed by atoms with Crippen LogP contribution >= 0.6 is 11.6 Å². The molecule has 1 heterocycles. The molecule has 2 aromatic carbocycles. The van der Waals surface area contributed by atoms with E-state index in [9.17, 15) is 9.18 Å². The smallest absolute Gasteiger partial charge is 0.251 e. The van der Waals surface area contributed by atoms with Crippen LogP contribution in [0.2, 0.25) is 5.02 Å². The maximum absolute atomic E-state index is 13.6. The molecule has 0 aliphatic rings. The van der Waals surface area contributed by atoms with Gasteiger partial charge in [0.1, 0.15) is 5.82 Å². The SMILES string of the molecule is CC(C)(CNC(=O)c1cccc(Cl)c1)c1c[nH]c2ccc(F)cc12. The number of fused-ring (bicyclic) bond motifs is 1. The number of aromatic amines is 1. The molecular weight excluding hydrogens is 327 g/mol. The van der Waals surface area contributed by atoms with E-state index in [4.69, 9.17) is 11.6 Å². The Bertz CT molecular complexity index is 901. The molecular formula is C19H18ClFN2O. The van der Waals surface area contributed by atoms with E-state index in [2.05, 4.69) is 10.3 Å². The van der Waals surface area contributed by atoms with Gasteiger partial charge in [-0.25, -0.2) is 4.39 Å². The van der Waals surface area contributed by atoms with E-state index in [1.807, 2.05) is 20.0 Å². The molecule has 0 unspecified atom stereocenters. The molecule has 1 aromatic heterocycles. The zero-order valence-corrected chi connectivity index (χ0v) is 14.2. The zero-order chi connectivity index (χ0) is 17.3. The highest BCUT2D eigenvalue weighted by molar-refractivity contribution is 6.30. The standard InChI is InChI=1S/C19H18ClFN2O/c1-19(2,11-23-18(24)12-4-3-5-13(20)8-12)16-10-22-17-7-6-14(21)9-15(16)17/h3-10,22H,11H2,1-2H3,(H,23,24). The van der Waals surface area contributed by atoms with Gasteiger partial charge in [0.05, 0.1) is 0 Å². The number of nitrogens with one attached hydrogen (secondary N) is 2. The average molecular weight is 345 g/mol. The number of aromatic nitrogens is 1. The Morgan fingerprint density at radius 1 is 1.25 bits per heavy atom. The van der Waals surface area contributed by atoms with Crippen LogP contribution in [0.4, 0.5) is 4.39 Å². The summed E-state index contributed by atoms with van der Waals surface area (Å²) in [5, 5.41) is 4.28. The highest BCUT2D eigenvalue weighted by Crippen LogP contribution is 2.30. The lowest BCUT2D eigenvalue weighted by molar-refractivity contribution is 0.0945. The second-order valence-corrected chi connectivity index (χ2v) is 6.91. The van der Waals surface area contributed by atoms with Crippen LogP contribution in [0.15, 0.2) is 48.7 Å². The molecule has 0 aliphatic carbocycles. The number of hydrogen-bond donors (Lipinski definition) is 2. The van der Waals surface area contributed by atoms with Crippen molar-refractivity contribution in [2.45, 2.75) is 19.3 Å². The lowest BCUT2D eigenvalue weighted by Gasteiger charge is -2.25. The van der Waals surface area contributed by atoms with Crippen LogP contribution in [-0.4, -0.2) is 17.4 Å². The van der Waals surface area contributed by atoms with Crippen molar-refractivity contribution in [3.05, 3.63) is 70.6 Å². The van der Waals surface area contributed by atoms with Gasteiger partial charge in [0.25, 0.3) is 5.91 Å². The topological polar surface area (TPSA) is 44.9 Å². The van der Waals surface area contributed by atoms with Crippen LogP contribution in [-0.2, 0) is 5.41 Å². The fourth-order valence-corrected chi connectivity index (χ4v) is 2.97. The molecule has 124 valence electrons. The summed E-state index contributed by atoms with van der Waals surface area (Å²) in [5.74, 6) is -0.460. The van der Waals surface area contributed by atoms with Crippen LogP contribution in [0.1, 0.15) is 29.8 Å². The second kappa shape index (κ2) is 6.29. The second-order valence-electron chi connectivity index (χ2n) is 6.47. The molecule has 5 heteroatoms. The van der Waals surface area contributed by atoms with Crippen LogP contribution < -0.4 is 5.32 Å². The molecule has 24 heavy (non-hydrogen) atoms. The van der Waals surface area contributed by atoms with E-state index in [1.165, 1.54) is 12.1 Å². The summed E-state index contributed by atoms with van der Waals surface area (Å²) in [5.41, 5.74) is 1.99. The van der Waals surface area contributed by atoms with Crippen molar-refractivity contribution in [3.63, 3.8) is 0 Å². The number of halogens is 2. The first-order chi connectivity index (χ1) is 11.4. The van der Waals surface area contributed by atoms with Crippen LogP contribution in [0.3, 0.4) is 0 Å². The molecule has 1 amide bonds. The van der Waals surface area contributed by atoms with Gasteiger partial charge in [-0.1, -0.05) is 31.5 Å². The fraction of sp³-hybridized carbons (Fsp3) is 0.211. The van der Waals surface area contributed by atoms with Crippen LogP contribution in [0, 0.1) is 5.82 Å². The van der Waals surface area contributed by atoms with Crippen LogP contribution in [0.25, 0.3) is 10.9 Å². The predicted molar refractivity (Wildman–Crippen MR) is 95.1 cm³/mol. The van der Waals surface area contributed by atoms with Gasteiger partial charge in [0.15, 0.2) is 0 Å². The summed E-state index contributed by atoms with van der Waals surface area (Å²) in [6.45, 7) is 4.44. The summed E-state index contributed by atoms with van der Waals surface area (Å²) in [6, 6.07) is 11.5. The average Bonchev–Trinajstić information content (AvgIpc) is 2.96. The molecule has 2 N–H and O–H groups in total. The summed E-state index contributed by atoms with van der Waals surface area (Å²) in [6.07, 6.45) is 1.87. The van der Waals surface area contributed by atoms with Gasteiger partial charge in [0.2, 0.25) is 0 Å². The number of rotatable bonds is 4. The molecule has 0 radical (unpaired) electrons. The number of H-pyrrole nitrogens is 1. The molecule has 0 atom stereocenters. The van der Waals surface area contributed by atoms with Crippen molar-refractivity contribution in [2.75, 3.05) is 6.54 Å². The third-order valence-electron chi connectivity index (χ3n) is 4.15. The monoisotopic (exact) mass is 344 g/mol. The quantitative estimate of drug-likeness (QED) is 0.710. The Balaban J connectivity index is 1.80. The number of carbonyl (C=O) groups is 1. The van der Waals surface area contributed by atoms with Crippen molar-refractivity contribution < 1.29 is 9.18 Å². The molecule has 0 spiro atoms. The lowest BCUT2D eigenvalue weighted by Crippen LogP contribution is -2.36. The van der Waals surface area contributed by atoms with Crippen molar-refractivity contribution in [2.24, 2.45) is 0 Å². The number of benzene rings is 2. The maximum atomic E-state index is 13.6. The Kier molecular flexibility index (Phi) is 4.33. The van der Waals surface area contributed by atoms with E-state index >= 15 is 0 Å². The van der Waals surface area contributed by atoms with E-state index in [1.54, 1.807) is 30.3 Å². The van der Waals surface area contributed by atoms with Gasteiger partial charge in [-0.3, -0.25) is 4.79 Å². The maximum Gasteiger partial charge on any atom is 0.251 e. The Morgan fingerprint density at radius 3 is 2.79 bits per heavy atom. The van der Waals surface area contributed by atoms with Gasteiger partial charge in [-0.15, -0.1) is 0 Å². The van der Waals surface area contributed by atoms with E-state index in [-0.39, 0.29) is 17.1 Å². The molecule has 0 aliphatic heterocycles. The third-order valence-corrected chi connectivity index (χ3v) is 4.39. The van der Waals surface area contributed by atoms with Crippen molar-refractivity contribution >= 4 is 28.4 Å². The largest absolute Gasteiger partial charge is 0.361 e. The van der Waals surface area contributed by atoms with Crippen molar-refractivity contribution in [1.29, 1.82) is 0 Å². The first-order valence-electron chi connectivity index (χ1n) is 7.68. The Morgan fingerprint density at radius 2 is 2.04 bits per heavy atom. The highest BCUT2D eigenvalue weighted by Gasteiger charge is 2.25. The molecule has 3 nitrogen and oxygen atoms in total. The molecule has 0 saturated carbocycles. The minimum Gasteiger partial charge on any atom is -0.361 e. The summed E-state index contributed by atoms with van der Waals surface area (Å²) in [4.78, 5) is 15.4. The minimum absolute atomic E-state index is 0.184. The zero-order valence-electron chi connectivity index (χ0n) is 13.5. The third kappa shape index (κ3) is 3.29. The van der Waals surface area contributed by atoms with Gasteiger partial charge in [-0.2, -0.15) is 0 Å². The van der Waals surface area contributed by atoms with Gasteiger partial charge in [-0.05, 0) is 42.0 Å². The number of hydrogen-bond acceptors (Lipinski definition) is 1. The molecule has 3 aromatic rings. The van der Waals surface area contributed by atoms with Gasteiger partial charge < -0.3 is 10.3 Å². The van der Waals surface area contributed by atoms with Crippen molar-refractivity contribution in [3.8, 4) is 0 Å². The van der Waals surface area contributed by atoms with E-state index in [0.717, 1.165) is 16.5 Å². The summed E-state index contributed by atoms with van der Waals surface area (Å²) >= 11 is 5.92. The van der Waals surface area contributed by atoms with Gasteiger partial charge >= 0.3 is 0 Å². The van der Waals surface area contributed by atoms with Gasteiger partial charge in [0, 0.05) is 39.6 Å². The summed E-state index contributed by atoms with van der Waals surface area (Å²) < 4.78 is 13.6. The summed E-state index contributed by atoms with van der Waals surface area (Å²) in [7, 11) is 0. The molecule has 0 bridgehead atoms. The first-order valence-corrected chi connectivity index (χ1v) is 8.05. The number of amides is 1. The highest BCUT2D eigenvalue weighted by atomic mass is 35.5. The van der Waals surface area contributed by atoms with Crippen LogP contribution in [0.5, 0.6) is 0 Å². The fourth-order valence-electron chi connectivity index (χ4n) is 2.78. The lowest BCUT2D eigenvalue weighted by atomic mass is 9.84. The Hall–Kier alpha value is -2.33. The van der Waals surface area contributed by atoms with E-state index in [0.29, 0.717) is 17.1 Å². The minimum atomic E-state index is -0.361. The Labute approximate surface area is 144 Å². The van der Waals surface area contributed by atoms with Crippen molar-refractivity contribution in [1.82, 2.24) is 10.3 Å². The predicted octanol–water partition coefficient (Wildman–Crippen LogP) is 4.67. The van der Waals surface area contributed by atoms with E-state index < -0.39 is 0 Å².